The van der Waals surface area contributed by atoms with Gasteiger partial charge in [0.1, 0.15) is 13.2 Å². The highest BCUT2D eigenvalue weighted by atomic mass is 16.5. The lowest BCUT2D eigenvalue weighted by atomic mass is 10.0. The van der Waals surface area contributed by atoms with Gasteiger partial charge in [-0.1, -0.05) is 66.7 Å². The summed E-state index contributed by atoms with van der Waals surface area (Å²) in [7, 11) is 0. The highest BCUT2D eigenvalue weighted by Crippen LogP contribution is 2.33. The summed E-state index contributed by atoms with van der Waals surface area (Å²) in [6.07, 6.45) is 0. The topological polar surface area (TPSA) is 57.4 Å². The smallest absolute Gasteiger partial charge is 0.225 e. The molecule has 0 bridgehead atoms. The van der Waals surface area contributed by atoms with Crippen LogP contribution in [-0.2, 0) is 13.2 Å². The summed E-state index contributed by atoms with van der Waals surface area (Å²) >= 11 is 0. The molecule has 0 aliphatic carbocycles. The lowest BCUT2D eigenvalue weighted by Crippen LogP contribution is -2.02. The summed E-state index contributed by atoms with van der Waals surface area (Å²) in [4.78, 5) is 4.66. The van der Waals surface area contributed by atoms with Gasteiger partial charge in [-0.3, -0.25) is 0 Å². The van der Waals surface area contributed by atoms with Crippen molar-refractivity contribution in [2.45, 2.75) is 20.1 Å². The summed E-state index contributed by atoms with van der Waals surface area (Å²) in [5.41, 5.74) is 11.9. The van der Waals surface area contributed by atoms with E-state index in [1.54, 1.807) is 0 Å². The van der Waals surface area contributed by atoms with Crippen LogP contribution < -0.4 is 15.2 Å². The quantitative estimate of drug-likeness (QED) is 0.401. The van der Waals surface area contributed by atoms with Crippen LogP contribution in [0.2, 0.25) is 0 Å². The molecule has 0 aliphatic rings. The van der Waals surface area contributed by atoms with E-state index in [-0.39, 0.29) is 0 Å². The SMILES string of the molecule is Cc1cc(-c2ccc(OCc3ccccc3)nc2OCc2ccccc2)ccc1N. The van der Waals surface area contributed by atoms with Crippen molar-refractivity contribution >= 4 is 5.69 Å². The first-order valence-corrected chi connectivity index (χ1v) is 9.90. The van der Waals surface area contributed by atoms with Crippen molar-refractivity contribution in [3.05, 3.63) is 108 Å². The third-order valence-corrected chi connectivity index (χ3v) is 4.86. The number of benzene rings is 3. The number of hydrogen-bond donors (Lipinski definition) is 1. The third-order valence-electron chi connectivity index (χ3n) is 4.86. The second-order valence-corrected chi connectivity index (χ2v) is 7.12. The molecule has 150 valence electrons. The fraction of sp³-hybridized carbons (Fsp3) is 0.115. The van der Waals surface area contributed by atoms with Crippen molar-refractivity contribution in [1.82, 2.24) is 4.98 Å². The Morgan fingerprint density at radius 1 is 0.733 bits per heavy atom. The molecule has 0 saturated carbocycles. The van der Waals surface area contributed by atoms with Crippen molar-refractivity contribution in [2.75, 3.05) is 5.73 Å². The fourth-order valence-corrected chi connectivity index (χ4v) is 3.13. The van der Waals surface area contributed by atoms with E-state index in [0.29, 0.717) is 25.0 Å². The van der Waals surface area contributed by atoms with E-state index in [0.717, 1.165) is 33.5 Å². The van der Waals surface area contributed by atoms with E-state index in [9.17, 15) is 0 Å². The normalized spacial score (nSPS) is 10.6. The average molecular weight is 396 g/mol. The Morgan fingerprint density at radius 2 is 1.37 bits per heavy atom. The molecular formula is C26H24N2O2. The Bertz CT molecular complexity index is 1110. The molecule has 0 aliphatic heterocycles. The van der Waals surface area contributed by atoms with Crippen molar-refractivity contribution in [3.8, 4) is 22.9 Å². The van der Waals surface area contributed by atoms with Gasteiger partial charge in [0, 0.05) is 17.3 Å². The van der Waals surface area contributed by atoms with Gasteiger partial charge < -0.3 is 15.2 Å². The molecule has 2 N–H and O–H groups in total. The van der Waals surface area contributed by atoms with Gasteiger partial charge in [0.15, 0.2) is 0 Å². The number of nitrogens with two attached hydrogens (primary N) is 1. The van der Waals surface area contributed by atoms with Crippen LogP contribution in [0.1, 0.15) is 16.7 Å². The van der Waals surface area contributed by atoms with E-state index in [2.05, 4.69) is 4.98 Å². The maximum absolute atomic E-state index is 6.12. The van der Waals surface area contributed by atoms with Crippen molar-refractivity contribution in [1.29, 1.82) is 0 Å². The molecule has 3 aromatic carbocycles. The molecule has 0 amide bonds. The Hall–Kier alpha value is -3.79. The van der Waals surface area contributed by atoms with E-state index in [1.165, 1.54) is 0 Å². The molecule has 4 rings (SSSR count). The number of aromatic nitrogens is 1. The van der Waals surface area contributed by atoms with E-state index in [1.807, 2.05) is 97.9 Å². The highest BCUT2D eigenvalue weighted by molar-refractivity contribution is 5.72. The van der Waals surface area contributed by atoms with Gasteiger partial charge in [-0.2, -0.15) is 4.98 Å². The second-order valence-electron chi connectivity index (χ2n) is 7.12. The molecule has 30 heavy (non-hydrogen) atoms. The standard InChI is InChI=1S/C26H24N2O2/c1-19-16-22(12-14-24(19)27)23-13-15-25(29-17-20-8-4-2-5-9-20)28-26(23)30-18-21-10-6-3-7-11-21/h2-16H,17-18,27H2,1H3. The van der Waals surface area contributed by atoms with Gasteiger partial charge in [-0.15, -0.1) is 0 Å². The van der Waals surface area contributed by atoms with Crippen LogP contribution in [0.5, 0.6) is 11.8 Å². The minimum Gasteiger partial charge on any atom is -0.473 e. The number of hydrogen-bond acceptors (Lipinski definition) is 4. The van der Waals surface area contributed by atoms with Gasteiger partial charge in [-0.05, 0) is 47.4 Å². The molecule has 0 spiro atoms. The number of nitrogen functional groups attached to an aromatic ring is 1. The van der Waals surface area contributed by atoms with Gasteiger partial charge in [0.2, 0.25) is 11.8 Å². The monoisotopic (exact) mass is 396 g/mol. The van der Waals surface area contributed by atoms with E-state index >= 15 is 0 Å². The van der Waals surface area contributed by atoms with Crippen LogP contribution in [-0.4, -0.2) is 4.98 Å². The van der Waals surface area contributed by atoms with Crippen molar-refractivity contribution in [3.63, 3.8) is 0 Å². The third kappa shape index (κ3) is 4.78. The first-order valence-electron chi connectivity index (χ1n) is 9.90. The number of pyridine rings is 1. The van der Waals surface area contributed by atoms with Crippen LogP contribution in [0.4, 0.5) is 5.69 Å². The Balaban J connectivity index is 1.61. The minimum atomic E-state index is 0.428. The lowest BCUT2D eigenvalue weighted by molar-refractivity contribution is 0.268. The summed E-state index contributed by atoms with van der Waals surface area (Å²) in [6, 6.07) is 29.9. The lowest BCUT2D eigenvalue weighted by Gasteiger charge is -2.14. The Kier molecular flexibility index (Phi) is 5.95. The maximum atomic E-state index is 6.12. The molecule has 0 fully saturated rings. The summed E-state index contributed by atoms with van der Waals surface area (Å²) in [5, 5.41) is 0. The summed E-state index contributed by atoms with van der Waals surface area (Å²) < 4.78 is 12.0. The van der Waals surface area contributed by atoms with Crippen LogP contribution in [0.25, 0.3) is 11.1 Å². The minimum absolute atomic E-state index is 0.428. The molecular weight excluding hydrogens is 372 g/mol. The molecule has 4 nitrogen and oxygen atoms in total. The molecule has 0 radical (unpaired) electrons. The predicted molar refractivity (Wildman–Crippen MR) is 120 cm³/mol. The first-order chi connectivity index (χ1) is 14.7. The van der Waals surface area contributed by atoms with Crippen molar-refractivity contribution < 1.29 is 9.47 Å². The summed E-state index contributed by atoms with van der Waals surface area (Å²) in [6.45, 7) is 2.87. The molecule has 4 heteroatoms. The van der Waals surface area contributed by atoms with Crippen LogP contribution in [0.15, 0.2) is 91.0 Å². The van der Waals surface area contributed by atoms with Gasteiger partial charge in [0.05, 0.1) is 0 Å². The summed E-state index contributed by atoms with van der Waals surface area (Å²) in [5.74, 6) is 1.06. The molecule has 0 unspecified atom stereocenters. The highest BCUT2D eigenvalue weighted by Gasteiger charge is 2.12. The van der Waals surface area contributed by atoms with E-state index < -0.39 is 0 Å². The first kappa shape index (κ1) is 19.5. The van der Waals surface area contributed by atoms with Crippen LogP contribution in [0.3, 0.4) is 0 Å². The zero-order valence-corrected chi connectivity index (χ0v) is 16.9. The fourth-order valence-electron chi connectivity index (χ4n) is 3.13. The zero-order valence-electron chi connectivity index (χ0n) is 16.9. The largest absolute Gasteiger partial charge is 0.473 e. The van der Waals surface area contributed by atoms with Crippen LogP contribution in [0, 0.1) is 6.92 Å². The maximum Gasteiger partial charge on any atom is 0.225 e. The van der Waals surface area contributed by atoms with Crippen LogP contribution >= 0.6 is 0 Å². The number of rotatable bonds is 7. The number of anilines is 1. The van der Waals surface area contributed by atoms with Crippen molar-refractivity contribution in [2.24, 2.45) is 0 Å². The van der Waals surface area contributed by atoms with Gasteiger partial charge >= 0.3 is 0 Å². The molecule has 1 aromatic heterocycles. The Morgan fingerprint density at radius 3 is 2.00 bits per heavy atom. The number of ether oxygens (including phenoxy) is 2. The zero-order chi connectivity index (χ0) is 20.8. The van der Waals surface area contributed by atoms with Gasteiger partial charge in [0.25, 0.3) is 0 Å². The second kappa shape index (κ2) is 9.14. The molecule has 0 saturated heterocycles. The molecule has 0 atom stereocenters. The molecule has 4 aromatic rings. The molecule has 1 heterocycles. The predicted octanol–water partition coefficient (Wildman–Crippen LogP) is 5.80. The number of aryl methyl sites for hydroxylation is 1. The Labute approximate surface area is 176 Å². The average Bonchev–Trinajstić information content (AvgIpc) is 2.79. The number of nitrogens with zero attached hydrogens (tertiary/aromatic N) is 1. The van der Waals surface area contributed by atoms with Gasteiger partial charge in [-0.25, -0.2) is 0 Å². The van der Waals surface area contributed by atoms with E-state index in [4.69, 9.17) is 15.2 Å².